The summed E-state index contributed by atoms with van der Waals surface area (Å²) in [6.45, 7) is 3.77. The van der Waals surface area contributed by atoms with E-state index in [1.807, 2.05) is 13.8 Å². The van der Waals surface area contributed by atoms with E-state index in [0.29, 0.717) is 0 Å². The van der Waals surface area contributed by atoms with Crippen molar-refractivity contribution in [2.45, 2.75) is 58.0 Å². The summed E-state index contributed by atoms with van der Waals surface area (Å²) in [4.78, 5) is 25.1. The predicted molar refractivity (Wildman–Crippen MR) is 70.6 cm³/mol. The van der Waals surface area contributed by atoms with Crippen molar-refractivity contribution in [3.8, 4) is 0 Å². The molecule has 0 aromatic carbocycles. The fraction of sp³-hybridized carbons (Fsp3) is 0.846. The maximum atomic E-state index is 12.5. The number of hydrogen-bond acceptors (Lipinski definition) is 3. The molecule has 0 heterocycles. The van der Waals surface area contributed by atoms with Crippen molar-refractivity contribution in [1.82, 2.24) is 4.90 Å². The lowest BCUT2D eigenvalue weighted by Crippen LogP contribution is -2.49. The van der Waals surface area contributed by atoms with Crippen LogP contribution < -0.4 is 11.5 Å². The highest BCUT2D eigenvalue weighted by molar-refractivity contribution is 5.85. The van der Waals surface area contributed by atoms with Crippen molar-refractivity contribution in [3.05, 3.63) is 0 Å². The van der Waals surface area contributed by atoms with Gasteiger partial charge in [-0.3, -0.25) is 9.59 Å². The number of primary amides is 1. The molecule has 1 aliphatic carbocycles. The van der Waals surface area contributed by atoms with Crippen LogP contribution in [0.3, 0.4) is 0 Å². The number of hydrogen-bond donors (Lipinski definition) is 2. The van der Waals surface area contributed by atoms with E-state index in [4.69, 9.17) is 11.5 Å². The van der Waals surface area contributed by atoms with Crippen molar-refractivity contribution < 1.29 is 9.59 Å². The third-order valence-electron chi connectivity index (χ3n) is 3.62. The van der Waals surface area contributed by atoms with Gasteiger partial charge in [-0.05, 0) is 26.7 Å². The van der Waals surface area contributed by atoms with Crippen LogP contribution in [0, 0.1) is 5.92 Å². The fourth-order valence-corrected chi connectivity index (χ4v) is 2.54. The van der Waals surface area contributed by atoms with Crippen LogP contribution in [0.4, 0.5) is 0 Å². The lowest BCUT2D eigenvalue weighted by Gasteiger charge is -2.31. The first-order valence-electron chi connectivity index (χ1n) is 6.78. The van der Waals surface area contributed by atoms with Gasteiger partial charge < -0.3 is 16.4 Å². The Labute approximate surface area is 109 Å². The second kappa shape index (κ2) is 6.73. The monoisotopic (exact) mass is 255 g/mol. The summed E-state index contributed by atoms with van der Waals surface area (Å²) in [7, 11) is 0. The molecule has 0 spiro atoms. The van der Waals surface area contributed by atoms with Crippen LogP contribution in [0.25, 0.3) is 0 Å². The summed E-state index contributed by atoms with van der Waals surface area (Å²) >= 11 is 0. The standard InChI is InChI=1S/C13H25N3O2/c1-9(2)16(8-12(15)17)13(18)10-6-4-3-5-7-11(10)14/h9-11H,3-8,14H2,1-2H3,(H2,15,17). The first-order valence-corrected chi connectivity index (χ1v) is 6.78. The Hall–Kier alpha value is -1.10. The summed E-state index contributed by atoms with van der Waals surface area (Å²) in [5.74, 6) is -0.647. The van der Waals surface area contributed by atoms with Gasteiger partial charge in [0.2, 0.25) is 11.8 Å². The maximum absolute atomic E-state index is 12.5. The Kier molecular flexibility index (Phi) is 5.59. The van der Waals surface area contributed by atoms with Gasteiger partial charge in [0.05, 0.1) is 12.5 Å². The van der Waals surface area contributed by atoms with Gasteiger partial charge in [-0.2, -0.15) is 0 Å². The largest absolute Gasteiger partial charge is 0.368 e. The third-order valence-corrected chi connectivity index (χ3v) is 3.62. The molecule has 2 atom stereocenters. The lowest BCUT2D eigenvalue weighted by molar-refractivity contribution is -0.141. The Balaban J connectivity index is 2.76. The van der Waals surface area contributed by atoms with Gasteiger partial charge in [0, 0.05) is 12.1 Å². The highest BCUT2D eigenvalue weighted by atomic mass is 16.2. The Morgan fingerprint density at radius 3 is 2.39 bits per heavy atom. The third kappa shape index (κ3) is 3.98. The fourth-order valence-electron chi connectivity index (χ4n) is 2.54. The molecule has 1 fully saturated rings. The molecule has 1 aliphatic rings. The number of carbonyl (C=O) groups is 2. The zero-order chi connectivity index (χ0) is 13.7. The lowest BCUT2D eigenvalue weighted by atomic mass is 9.93. The highest BCUT2D eigenvalue weighted by Gasteiger charge is 2.32. The normalized spacial score (nSPS) is 24.7. The van der Waals surface area contributed by atoms with Gasteiger partial charge in [-0.15, -0.1) is 0 Å². The molecule has 4 N–H and O–H groups in total. The van der Waals surface area contributed by atoms with Crippen LogP contribution in [-0.2, 0) is 9.59 Å². The van der Waals surface area contributed by atoms with Gasteiger partial charge in [-0.25, -0.2) is 0 Å². The smallest absolute Gasteiger partial charge is 0.237 e. The van der Waals surface area contributed by atoms with Crippen molar-refractivity contribution in [1.29, 1.82) is 0 Å². The molecule has 0 aliphatic heterocycles. The summed E-state index contributed by atoms with van der Waals surface area (Å²) in [5.41, 5.74) is 11.3. The van der Waals surface area contributed by atoms with E-state index in [9.17, 15) is 9.59 Å². The molecule has 5 nitrogen and oxygen atoms in total. The number of nitrogens with zero attached hydrogens (tertiary/aromatic N) is 1. The van der Waals surface area contributed by atoms with E-state index < -0.39 is 5.91 Å². The molecular weight excluding hydrogens is 230 g/mol. The predicted octanol–water partition coefficient (Wildman–Crippen LogP) is 0.616. The Morgan fingerprint density at radius 1 is 1.22 bits per heavy atom. The second-order valence-electron chi connectivity index (χ2n) is 5.43. The van der Waals surface area contributed by atoms with Crippen LogP contribution in [0.1, 0.15) is 46.0 Å². The molecule has 0 aromatic rings. The molecule has 18 heavy (non-hydrogen) atoms. The van der Waals surface area contributed by atoms with Crippen LogP contribution >= 0.6 is 0 Å². The highest BCUT2D eigenvalue weighted by Crippen LogP contribution is 2.24. The number of carbonyl (C=O) groups excluding carboxylic acids is 2. The Morgan fingerprint density at radius 2 is 1.83 bits per heavy atom. The first-order chi connectivity index (χ1) is 8.43. The van der Waals surface area contributed by atoms with Crippen LogP contribution in [-0.4, -0.2) is 35.3 Å². The van der Waals surface area contributed by atoms with Gasteiger partial charge in [0.25, 0.3) is 0 Å². The average molecular weight is 255 g/mol. The molecule has 0 bridgehead atoms. The van der Waals surface area contributed by atoms with Gasteiger partial charge in [-0.1, -0.05) is 19.3 Å². The molecule has 2 unspecified atom stereocenters. The van der Waals surface area contributed by atoms with Crippen LogP contribution in [0.2, 0.25) is 0 Å². The number of rotatable bonds is 4. The van der Waals surface area contributed by atoms with Crippen LogP contribution in [0.15, 0.2) is 0 Å². The second-order valence-corrected chi connectivity index (χ2v) is 5.43. The summed E-state index contributed by atoms with van der Waals surface area (Å²) in [6, 6.07) is -0.116. The first kappa shape index (κ1) is 15.0. The molecule has 2 amide bonds. The molecule has 0 saturated heterocycles. The SMILES string of the molecule is CC(C)N(CC(N)=O)C(=O)C1CCCCCC1N. The molecule has 0 aromatic heterocycles. The van der Waals surface area contributed by atoms with Crippen molar-refractivity contribution in [3.63, 3.8) is 0 Å². The molecular formula is C13H25N3O2. The van der Waals surface area contributed by atoms with E-state index in [0.717, 1.165) is 32.1 Å². The van der Waals surface area contributed by atoms with E-state index >= 15 is 0 Å². The summed E-state index contributed by atoms with van der Waals surface area (Å²) in [5, 5.41) is 0. The van der Waals surface area contributed by atoms with Crippen molar-refractivity contribution in [2.75, 3.05) is 6.54 Å². The molecule has 1 rings (SSSR count). The molecule has 5 heteroatoms. The van der Waals surface area contributed by atoms with Gasteiger partial charge in [0.15, 0.2) is 0 Å². The molecule has 1 saturated carbocycles. The quantitative estimate of drug-likeness (QED) is 0.721. The summed E-state index contributed by atoms with van der Waals surface area (Å²) < 4.78 is 0. The topological polar surface area (TPSA) is 89.4 Å². The maximum Gasteiger partial charge on any atom is 0.237 e. The van der Waals surface area contributed by atoms with Crippen molar-refractivity contribution in [2.24, 2.45) is 17.4 Å². The Bertz CT molecular complexity index is 305. The molecule has 0 radical (unpaired) electrons. The van der Waals surface area contributed by atoms with Crippen molar-refractivity contribution >= 4 is 11.8 Å². The zero-order valence-corrected chi connectivity index (χ0v) is 11.4. The van der Waals surface area contributed by atoms with Gasteiger partial charge in [0.1, 0.15) is 0 Å². The van der Waals surface area contributed by atoms with E-state index in [2.05, 4.69) is 0 Å². The van der Waals surface area contributed by atoms with Crippen LogP contribution in [0.5, 0.6) is 0 Å². The average Bonchev–Trinajstić information content (AvgIpc) is 2.49. The van der Waals surface area contributed by atoms with E-state index in [1.54, 1.807) is 4.90 Å². The minimum absolute atomic E-state index is 0.0142. The summed E-state index contributed by atoms with van der Waals surface area (Å²) in [6.07, 6.45) is 4.96. The minimum Gasteiger partial charge on any atom is -0.368 e. The molecule has 104 valence electrons. The van der Waals surface area contributed by atoms with Gasteiger partial charge >= 0.3 is 0 Å². The van der Waals surface area contributed by atoms with E-state index in [1.165, 1.54) is 0 Å². The number of nitrogens with two attached hydrogens (primary N) is 2. The zero-order valence-electron chi connectivity index (χ0n) is 11.4. The number of amides is 2. The minimum atomic E-state index is -0.473. The van der Waals surface area contributed by atoms with E-state index in [-0.39, 0.29) is 30.5 Å².